The maximum Gasteiger partial charge on any atom is 0.111 e. The molecule has 2 unspecified atom stereocenters. The minimum atomic E-state index is -0.342. The first-order valence-corrected chi connectivity index (χ1v) is 4.30. The van der Waals surface area contributed by atoms with Crippen molar-refractivity contribution < 1.29 is 4.39 Å². The Balaban J connectivity index is 4.58. The predicted octanol–water partition coefficient (Wildman–Crippen LogP) is 3.44. The SMILES string of the molecule is CCC(C)C(C)/C(C#N)=C(\C)F. The Kier molecular flexibility index (Phi) is 4.58. The lowest BCUT2D eigenvalue weighted by Gasteiger charge is -2.17. The Morgan fingerprint density at radius 3 is 2.25 bits per heavy atom. The van der Waals surface area contributed by atoms with Gasteiger partial charge in [-0.3, -0.25) is 0 Å². The summed E-state index contributed by atoms with van der Waals surface area (Å²) in [5.74, 6) is 0.0562. The first-order chi connectivity index (χ1) is 5.54. The third kappa shape index (κ3) is 2.65. The number of halogens is 1. The Labute approximate surface area is 73.9 Å². The van der Waals surface area contributed by atoms with E-state index in [4.69, 9.17) is 5.26 Å². The number of hydrogen-bond donors (Lipinski definition) is 0. The zero-order chi connectivity index (χ0) is 9.72. The van der Waals surface area contributed by atoms with Crippen LogP contribution < -0.4 is 0 Å². The molecule has 0 aromatic heterocycles. The van der Waals surface area contributed by atoms with Crippen molar-refractivity contribution in [3.05, 3.63) is 11.4 Å². The van der Waals surface area contributed by atoms with E-state index < -0.39 is 0 Å². The highest BCUT2D eigenvalue weighted by molar-refractivity contribution is 5.26. The minimum Gasteiger partial charge on any atom is -0.211 e. The third-order valence-electron chi connectivity index (χ3n) is 2.44. The van der Waals surface area contributed by atoms with Crippen LogP contribution in [-0.4, -0.2) is 0 Å². The zero-order valence-electron chi connectivity index (χ0n) is 8.19. The molecular formula is C10H16FN. The van der Waals surface area contributed by atoms with Gasteiger partial charge < -0.3 is 0 Å². The lowest BCUT2D eigenvalue weighted by Crippen LogP contribution is -2.09. The second-order valence-electron chi connectivity index (χ2n) is 3.23. The molecule has 0 aliphatic carbocycles. The van der Waals surface area contributed by atoms with E-state index in [1.54, 1.807) is 0 Å². The van der Waals surface area contributed by atoms with Crippen molar-refractivity contribution in [1.82, 2.24) is 0 Å². The predicted molar refractivity (Wildman–Crippen MR) is 48.0 cm³/mol. The molecule has 0 aliphatic heterocycles. The van der Waals surface area contributed by atoms with Crippen LogP contribution in [0.25, 0.3) is 0 Å². The van der Waals surface area contributed by atoms with Crippen LogP contribution in [-0.2, 0) is 0 Å². The number of allylic oxidation sites excluding steroid dienone is 2. The van der Waals surface area contributed by atoms with Crippen molar-refractivity contribution in [3.8, 4) is 6.07 Å². The van der Waals surface area contributed by atoms with E-state index in [0.29, 0.717) is 11.5 Å². The maximum absolute atomic E-state index is 12.8. The van der Waals surface area contributed by atoms with Gasteiger partial charge in [-0.1, -0.05) is 27.2 Å². The van der Waals surface area contributed by atoms with Gasteiger partial charge in [-0.25, -0.2) is 4.39 Å². The fourth-order valence-corrected chi connectivity index (χ4v) is 1.13. The molecule has 0 saturated heterocycles. The van der Waals surface area contributed by atoms with Gasteiger partial charge in [-0.2, -0.15) is 5.26 Å². The van der Waals surface area contributed by atoms with Crippen LogP contribution in [0, 0.1) is 23.2 Å². The summed E-state index contributed by atoms with van der Waals surface area (Å²) in [6.07, 6.45) is 0.972. The summed E-state index contributed by atoms with van der Waals surface area (Å²) in [5.41, 5.74) is 0.296. The molecule has 2 heteroatoms. The summed E-state index contributed by atoms with van der Waals surface area (Å²) in [4.78, 5) is 0. The van der Waals surface area contributed by atoms with E-state index in [0.717, 1.165) is 6.42 Å². The van der Waals surface area contributed by atoms with Crippen LogP contribution in [0.15, 0.2) is 11.4 Å². The fraction of sp³-hybridized carbons (Fsp3) is 0.700. The molecule has 0 aliphatic rings. The molecule has 0 heterocycles. The van der Waals surface area contributed by atoms with Gasteiger partial charge in [0.25, 0.3) is 0 Å². The van der Waals surface area contributed by atoms with Crippen molar-refractivity contribution in [3.63, 3.8) is 0 Å². The quantitative estimate of drug-likeness (QED) is 0.594. The number of nitrogens with zero attached hydrogens (tertiary/aromatic N) is 1. The molecule has 0 aromatic rings. The summed E-state index contributed by atoms with van der Waals surface area (Å²) < 4.78 is 12.8. The van der Waals surface area contributed by atoms with Gasteiger partial charge in [0.1, 0.15) is 5.83 Å². The second-order valence-corrected chi connectivity index (χ2v) is 3.23. The normalized spacial score (nSPS) is 17.7. The Morgan fingerprint density at radius 2 is 2.00 bits per heavy atom. The van der Waals surface area contributed by atoms with Crippen molar-refractivity contribution in [2.75, 3.05) is 0 Å². The van der Waals surface area contributed by atoms with Gasteiger partial charge in [0, 0.05) is 0 Å². The molecule has 0 bridgehead atoms. The molecular weight excluding hydrogens is 153 g/mol. The highest BCUT2D eigenvalue weighted by atomic mass is 19.1. The van der Waals surface area contributed by atoms with Gasteiger partial charge in [0.05, 0.1) is 11.6 Å². The summed E-state index contributed by atoms with van der Waals surface area (Å²) in [6, 6.07) is 1.92. The number of hydrogen-bond acceptors (Lipinski definition) is 1. The van der Waals surface area contributed by atoms with Crippen molar-refractivity contribution in [2.45, 2.75) is 34.1 Å². The smallest absolute Gasteiger partial charge is 0.111 e. The van der Waals surface area contributed by atoms with Crippen LogP contribution in [0.3, 0.4) is 0 Å². The summed E-state index contributed by atoms with van der Waals surface area (Å²) in [5, 5.41) is 8.66. The molecule has 0 aromatic carbocycles. The number of rotatable bonds is 3. The second kappa shape index (κ2) is 4.92. The van der Waals surface area contributed by atoms with Gasteiger partial charge in [0.15, 0.2) is 0 Å². The average molecular weight is 169 g/mol. The average Bonchev–Trinajstić information content (AvgIpc) is 2.03. The summed E-state index contributed by atoms with van der Waals surface area (Å²) in [6.45, 7) is 7.32. The van der Waals surface area contributed by atoms with Gasteiger partial charge in [-0.05, 0) is 18.8 Å². The van der Waals surface area contributed by atoms with Crippen molar-refractivity contribution in [2.24, 2.45) is 11.8 Å². The van der Waals surface area contributed by atoms with E-state index in [-0.39, 0.29) is 11.7 Å². The van der Waals surface area contributed by atoms with Gasteiger partial charge in [0.2, 0.25) is 0 Å². The van der Waals surface area contributed by atoms with Crippen LogP contribution >= 0.6 is 0 Å². The molecule has 12 heavy (non-hydrogen) atoms. The Hall–Kier alpha value is -0.840. The van der Waals surface area contributed by atoms with Crippen molar-refractivity contribution in [1.29, 1.82) is 5.26 Å². The summed E-state index contributed by atoms with van der Waals surface area (Å²) >= 11 is 0. The molecule has 1 nitrogen and oxygen atoms in total. The highest BCUT2D eigenvalue weighted by Crippen LogP contribution is 2.24. The number of nitriles is 1. The van der Waals surface area contributed by atoms with Crippen LogP contribution in [0.4, 0.5) is 4.39 Å². The van der Waals surface area contributed by atoms with E-state index in [9.17, 15) is 4.39 Å². The highest BCUT2D eigenvalue weighted by Gasteiger charge is 2.17. The Morgan fingerprint density at radius 1 is 1.50 bits per heavy atom. The van der Waals surface area contributed by atoms with Crippen LogP contribution in [0.1, 0.15) is 34.1 Å². The zero-order valence-corrected chi connectivity index (χ0v) is 8.19. The van der Waals surface area contributed by atoms with Gasteiger partial charge >= 0.3 is 0 Å². The first-order valence-electron chi connectivity index (χ1n) is 4.30. The summed E-state index contributed by atoms with van der Waals surface area (Å²) in [7, 11) is 0. The van der Waals surface area contributed by atoms with E-state index in [1.165, 1.54) is 6.92 Å². The molecule has 0 spiro atoms. The molecule has 0 saturated carbocycles. The monoisotopic (exact) mass is 169 g/mol. The molecule has 0 rings (SSSR count). The van der Waals surface area contributed by atoms with E-state index in [1.807, 2.05) is 26.8 Å². The fourth-order valence-electron chi connectivity index (χ4n) is 1.13. The van der Waals surface area contributed by atoms with Crippen LogP contribution in [0.5, 0.6) is 0 Å². The van der Waals surface area contributed by atoms with Crippen molar-refractivity contribution >= 4 is 0 Å². The maximum atomic E-state index is 12.8. The molecule has 0 radical (unpaired) electrons. The topological polar surface area (TPSA) is 23.8 Å². The van der Waals surface area contributed by atoms with Gasteiger partial charge in [-0.15, -0.1) is 0 Å². The lowest BCUT2D eigenvalue weighted by molar-refractivity contribution is 0.423. The van der Waals surface area contributed by atoms with E-state index in [2.05, 4.69) is 0 Å². The first kappa shape index (κ1) is 11.2. The minimum absolute atomic E-state index is 0.0324. The molecule has 0 amide bonds. The van der Waals surface area contributed by atoms with Crippen LogP contribution in [0.2, 0.25) is 0 Å². The third-order valence-corrected chi connectivity index (χ3v) is 2.44. The standard InChI is InChI=1S/C10H16FN/c1-5-7(2)8(3)10(6-12)9(4)11/h7-8H,5H2,1-4H3/b10-9+. The lowest BCUT2D eigenvalue weighted by atomic mass is 9.87. The van der Waals surface area contributed by atoms with E-state index >= 15 is 0 Å². The largest absolute Gasteiger partial charge is 0.211 e. The molecule has 2 atom stereocenters. The molecule has 0 N–H and O–H groups in total. The molecule has 0 fully saturated rings. The molecule has 68 valence electrons. The Bertz CT molecular complexity index is 208.